The van der Waals surface area contributed by atoms with E-state index in [1.54, 1.807) is 30.3 Å². The Balaban J connectivity index is 1.31. The van der Waals surface area contributed by atoms with Crippen LogP contribution in [0.2, 0.25) is 5.02 Å². The lowest BCUT2D eigenvalue weighted by molar-refractivity contribution is -0.120. The second kappa shape index (κ2) is 11.7. The van der Waals surface area contributed by atoms with Gasteiger partial charge in [0, 0.05) is 10.1 Å². The number of halogens is 1. The number of carbonyl (C=O) groups is 3. The fraction of sp³-hybridized carbons (Fsp3) is 0.111. The van der Waals surface area contributed by atoms with E-state index in [9.17, 15) is 14.4 Å². The molecule has 4 rings (SSSR count). The molecule has 0 aliphatic heterocycles. The number of hydrazone groups is 1. The van der Waals surface area contributed by atoms with Crippen molar-refractivity contribution in [1.29, 1.82) is 0 Å². The van der Waals surface area contributed by atoms with Crippen molar-refractivity contribution in [2.45, 2.75) is 6.92 Å². The van der Waals surface area contributed by atoms with Crippen LogP contribution < -0.4 is 20.2 Å². The first-order valence-corrected chi connectivity index (χ1v) is 12.3. The molecule has 0 fully saturated rings. The second-order valence-electron chi connectivity index (χ2n) is 7.88. The van der Waals surface area contributed by atoms with Gasteiger partial charge in [-0.2, -0.15) is 5.10 Å². The van der Waals surface area contributed by atoms with Crippen LogP contribution in [0.5, 0.6) is 11.5 Å². The van der Waals surface area contributed by atoms with E-state index in [0.717, 1.165) is 15.6 Å². The fourth-order valence-corrected chi connectivity index (χ4v) is 4.75. The van der Waals surface area contributed by atoms with Crippen LogP contribution in [0.15, 0.2) is 71.8 Å². The summed E-state index contributed by atoms with van der Waals surface area (Å²) >= 11 is 7.56. The topological polar surface area (TPSA) is 106 Å². The maximum atomic E-state index is 12.5. The minimum Gasteiger partial charge on any atom is -0.493 e. The number of hydrogen-bond acceptors (Lipinski definition) is 7. The van der Waals surface area contributed by atoms with Gasteiger partial charge in [0.1, 0.15) is 4.88 Å². The third-order valence-corrected chi connectivity index (χ3v) is 6.91. The molecule has 0 atom stereocenters. The van der Waals surface area contributed by atoms with E-state index in [4.69, 9.17) is 21.1 Å². The van der Waals surface area contributed by atoms with Crippen molar-refractivity contribution < 1.29 is 23.9 Å². The first-order chi connectivity index (χ1) is 17.9. The number of methoxy groups -OCH3 is 1. The lowest BCUT2D eigenvalue weighted by Crippen LogP contribution is -2.34. The van der Waals surface area contributed by atoms with Gasteiger partial charge in [0.25, 0.3) is 11.8 Å². The Hall–Kier alpha value is -4.21. The smallest absolute Gasteiger partial charge is 0.343 e. The number of benzene rings is 3. The monoisotopic (exact) mass is 535 g/mol. The number of nitrogens with one attached hydrogen (secondary N) is 2. The van der Waals surface area contributed by atoms with Gasteiger partial charge in [0.05, 0.1) is 30.5 Å². The number of ether oxygens (including phenoxy) is 2. The van der Waals surface area contributed by atoms with Crippen molar-refractivity contribution in [3.8, 4) is 11.5 Å². The van der Waals surface area contributed by atoms with Gasteiger partial charge in [0.15, 0.2) is 11.5 Å². The minimum atomic E-state index is -0.516. The highest BCUT2D eigenvalue weighted by molar-refractivity contribution is 7.21. The summed E-state index contributed by atoms with van der Waals surface area (Å²) < 4.78 is 11.7. The van der Waals surface area contributed by atoms with Crippen LogP contribution in [0.4, 0.5) is 0 Å². The van der Waals surface area contributed by atoms with Gasteiger partial charge < -0.3 is 14.8 Å². The number of fused-ring (bicyclic) bond motifs is 1. The summed E-state index contributed by atoms with van der Waals surface area (Å²) in [5, 5.41) is 7.60. The number of hydrogen-bond donors (Lipinski definition) is 2. The zero-order valence-electron chi connectivity index (χ0n) is 19.9. The molecule has 0 unspecified atom stereocenters. The molecule has 0 saturated carbocycles. The third kappa shape index (κ3) is 6.32. The molecule has 0 spiro atoms. The van der Waals surface area contributed by atoms with Crippen LogP contribution in [0, 0.1) is 6.92 Å². The number of thiophene rings is 1. The summed E-state index contributed by atoms with van der Waals surface area (Å²) in [6, 6.07) is 19.3. The Morgan fingerprint density at radius 3 is 2.51 bits per heavy atom. The number of esters is 1. The lowest BCUT2D eigenvalue weighted by atomic mass is 10.1. The number of amides is 2. The predicted molar refractivity (Wildman–Crippen MR) is 144 cm³/mol. The standard InChI is InChI=1S/C27H22ClN3O5S/c1-16-7-10-18(11-8-16)27(34)36-20-12-9-17(13-21(20)35-2)14-30-31-23(32)15-29-26(33)25-24(28)19-5-3-4-6-22(19)37-25/h3-14H,15H2,1-2H3,(H,29,33)(H,31,32)/b30-14+. The Bertz CT molecular complexity index is 1500. The molecule has 2 N–H and O–H groups in total. The van der Waals surface area contributed by atoms with Gasteiger partial charge in [0.2, 0.25) is 0 Å². The molecule has 0 aliphatic carbocycles. The number of nitrogens with zero attached hydrogens (tertiary/aromatic N) is 1. The molecular formula is C27H22ClN3O5S. The summed E-state index contributed by atoms with van der Waals surface area (Å²) in [4.78, 5) is 37.3. The van der Waals surface area contributed by atoms with Crippen molar-refractivity contribution in [3.63, 3.8) is 0 Å². The van der Waals surface area contributed by atoms with Crippen LogP contribution >= 0.6 is 22.9 Å². The summed E-state index contributed by atoms with van der Waals surface area (Å²) in [5.41, 5.74) is 4.39. The first-order valence-electron chi connectivity index (χ1n) is 11.1. The van der Waals surface area contributed by atoms with Crippen LogP contribution in [0.1, 0.15) is 31.2 Å². The van der Waals surface area contributed by atoms with Crippen molar-refractivity contribution in [1.82, 2.24) is 10.7 Å². The average molecular weight is 536 g/mol. The van der Waals surface area contributed by atoms with E-state index in [1.807, 2.05) is 43.3 Å². The van der Waals surface area contributed by atoms with Crippen LogP contribution in [0.25, 0.3) is 10.1 Å². The molecule has 188 valence electrons. The van der Waals surface area contributed by atoms with E-state index in [0.29, 0.717) is 26.8 Å². The zero-order valence-corrected chi connectivity index (χ0v) is 21.5. The Kier molecular flexibility index (Phi) is 8.17. The normalized spacial score (nSPS) is 10.9. The quantitative estimate of drug-likeness (QED) is 0.143. The Morgan fingerprint density at radius 1 is 1.03 bits per heavy atom. The van der Waals surface area contributed by atoms with E-state index in [1.165, 1.54) is 24.7 Å². The predicted octanol–water partition coefficient (Wildman–Crippen LogP) is 4.97. The highest BCUT2D eigenvalue weighted by Gasteiger charge is 2.17. The number of carbonyl (C=O) groups excluding carboxylic acids is 3. The van der Waals surface area contributed by atoms with Gasteiger partial charge in [-0.1, -0.05) is 47.5 Å². The summed E-state index contributed by atoms with van der Waals surface area (Å²) in [5.74, 6) is -0.894. The number of aryl methyl sites for hydroxylation is 1. The largest absolute Gasteiger partial charge is 0.493 e. The maximum Gasteiger partial charge on any atom is 0.343 e. The van der Waals surface area contributed by atoms with Crippen LogP contribution in [-0.2, 0) is 4.79 Å². The lowest BCUT2D eigenvalue weighted by Gasteiger charge is -2.10. The van der Waals surface area contributed by atoms with Crippen LogP contribution in [-0.4, -0.2) is 37.7 Å². The maximum absolute atomic E-state index is 12.5. The molecule has 10 heteroatoms. The SMILES string of the molecule is COc1cc(/C=N/NC(=O)CNC(=O)c2sc3ccccc3c2Cl)ccc1OC(=O)c1ccc(C)cc1. The molecular weight excluding hydrogens is 514 g/mol. The summed E-state index contributed by atoms with van der Waals surface area (Å²) in [7, 11) is 1.45. The highest BCUT2D eigenvalue weighted by Crippen LogP contribution is 2.35. The average Bonchev–Trinajstić information content (AvgIpc) is 3.25. The van der Waals surface area contributed by atoms with Gasteiger partial charge in [-0.15, -0.1) is 11.3 Å². The van der Waals surface area contributed by atoms with Gasteiger partial charge in [-0.25, -0.2) is 10.2 Å². The molecule has 4 aromatic rings. The van der Waals surface area contributed by atoms with Crippen molar-refractivity contribution in [2.75, 3.05) is 13.7 Å². The minimum absolute atomic E-state index is 0.247. The second-order valence-corrected chi connectivity index (χ2v) is 9.31. The molecule has 0 aliphatic rings. The van der Waals surface area contributed by atoms with E-state index < -0.39 is 17.8 Å². The molecule has 1 heterocycles. The van der Waals surface area contributed by atoms with E-state index >= 15 is 0 Å². The molecule has 37 heavy (non-hydrogen) atoms. The Morgan fingerprint density at radius 2 is 1.78 bits per heavy atom. The van der Waals surface area contributed by atoms with Crippen LogP contribution in [0.3, 0.4) is 0 Å². The number of rotatable bonds is 8. The molecule has 0 radical (unpaired) electrons. The molecule has 8 nitrogen and oxygen atoms in total. The fourth-order valence-electron chi connectivity index (χ4n) is 3.32. The third-order valence-electron chi connectivity index (χ3n) is 5.23. The van der Waals surface area contributed by atoms with Gasteiger partial charge in [-0.05, 0) is 48.9 Å². The van der Waals surface area contributed by atoms with E-state index in [2.05, 4.69) is 15.8 Å². The summed E-state index contributed by atoms with van der Waals surface area (Å²) in [6.07, 6.45) is 1.40. The molecule has 1 aromatic heterocycles. The first kappa shape index (κ1) is 25.9. The van der Waals surface area contributed by atoms with Crippen molar-refractivity contribution >= 4 is 57.0 Å². The highest BCUT2D eigenvalue weighted by atomic mass is 35.5. The van der Waals surface area contributed by atoms with Crippen molar-refractivity contribution in [3.05, 3.63) is 93.3 Å². The van der Waals surface area contributed by atoms with Gasteiger partial charge >= 0.3 is 5.97 Å². The molecule has 0 saturated heterocycles. The zero-order chi connectivity index (χ0) is 26.4. The molecule has 2 amide bonds. The Labute approximate surface area is 221 Å². The van der Waals surface area contributed by atoms with E-state index in [-0.39, 0.29) is 12.3 Å². The van der Waals surface area contributed by atoms with Crippen molar-refractivity contribution in [2.24, 2.45) is 5.10 Å². The van der Waals surface area contributed by atoms with Gasteiger partial charge in [-0.3, -0.25) is 9.59 Å². The molecule has 0 bridgehead atoms. The summed E-state index contributed by atoms with van der Waals surface area (Å²) in [6.45, 7) is 1.65. The molecule has 3 aromatic carbocycles.